The summed E-state index contributed by atoms with van der Waals surface area (Å²) in [6.45, 7) is 1.19. The Kier molecular flexibility index (Phi) is 9.02. The Morgan fingerprint density at radius 1 is 1.00 bits per heavy atom. The van der Waals surface area contributed by atoms with Gasteiger partial charge in [-0.3, -0.25) is 14.3 Å². The van der Waals surface area contributed by atoms with Crippen molar-refractivity contribution >= 4 is 23.7 Å². The summed E-state index contributed by atoms with van der Waals surface area (Å²) in [6.07, 6.45) is -1.86. The van der Waals surface area contributed by atoms with Gasteiger partial charge in [0.05, 0.1) is 29.4 Å². The van der Waals surface area contributed by atoms with Crippen LogP contribution < -0.4 is 11.2 Å². The van der Waals surface area contributed by atoms with E-state index >= 15 is 0 Å². The van der Waals surface area contributed by atoms with Crippen molar-refractivity contribution in [2.45, 2.75) is 31.8 Å². The number of rotatable bonds is 9. The first-order chi connectivity index (χ1) is 19.3. The lowest BCUT2D eigenvalue weighted by atomic mass is 10.1. The maximum atomic E-state index is 14.7. The topological polar surface area (TPSA) is 143 Å². The maximum absolute atomic E-state index is 14.7. The number of aromatic nitrogens is 2. The Morgan fingerprint density at radius 3 is 2.25 bits per heavy atom. The minimum absolute atomic E-state index is 0.00624. The number of halogens is 1. The highest BCUT2D eigenvalue weighted by Gasteiger charge is 2.40. The second-order valence-electron chi connectivity index (χ2n) is 8.59. The SMILES string of the molecule is CCOC(=O)/C=C(/F)c1cn([C@H]2C[C@H](OC(=O)c3ccccc3)[C@@H](COC(=O)c3ccccc3)O2)c(=O)[nH]c1=O. The van der Waals surface area contributed by atoms with Crippen LogP contribution in [-0.2, 0) is 23.7 Å². The van der Waals surface area contributed by atoms with Crippen LogP contribution in [0.1, 0.15) is 45.9 Å². The van der Waals surface area contributed by atoms with Gasteiger partial charge in [0.25, 0.3) is 5.56 Å². The van der Waals surface area contributed by atoms with Crippen molar-refractivity contribution in [2.75, 3.05) is 13.2 Å². The minimum Gasteiger partial charge on any atom is -0.463 e. The van der Waals surface area contributed by atoms with Gasteiger partial charge in [-0.2, -0.15) is 0 Å². The van der Waals surface area contributed by atoms with Gasteiger partial charge in [0, 0.05) is 12.6 Å². The molecule has 11 nitrogen and oxygen atoms in total. The van der Waals surface area contributed by atoms with E-state index in [4.69, 9.17) is 14.2 Å². The molecule has 0 bridgehead atoms. The second-order valence-corrected chi connectivity index (χ2v) is 8.59. The van der Waals surface area contributed by atoms with Crippen molar-refractivity contribution in [3.05, 3.63) is 110 Å². The Hall–Kier alpha value is -4.84. The quantitative estimate of drug-likeness (QED) is 0.241. The molecule has 12 heteroatoms. The Labute approximate surface area is 226 Å². The van der Waals surface area contributed by atoms with E-state index in [1.54, 1.807) is 60.7 Å². The molecule has 40 heavy (non-hydrogen) atoms. The van der Waals surface area contributed by atoms with Crippen LogP contribution in [0.2, 0.25) is 0 Å². The maximum Gasteiger partial charge on any atom is 0.338 e. The van der Waals surface area contributed by atoms with Crippen molar-refractivity contribution in [1.29, 1.82) is 0 Å². The number of carbonyl (C=O) groups excluding carboxylic acids is 3. The van der Waals surface area contributed by atoms with Crippen molar-refractivity contribution in [2.24, 2.45) is 0 Å². The minimum atomic E-state index is -1.23. The molecule has 0 saturated carbocycles. The number of ether oxygens (including phenoxy) is 4. The molecule has 208 valence electrons. The summed E-state index contributed by atoms with van der Waals surface area (Å²) in [5.41, 5.74) is -2.07. The van der Waals surface area contributed by atoms with Gasteiger partial charge in [-0.15, -0.1) is 0 Å². The van der Waals surface area contributed by atoms with E-state index in [0.717, 1.165) is 10.8 Å². The molecule has 1 fully saturated rings. The molecule has 3 aromatic rings. The number of nitrogens with zero attached hydrogens (tertiary/aromatic N) is 1. The summed E-state index contributed by atoms with van der Waals surface area (Å²) in [5.74, 6) is -3.56. The van der Waals surface area contributed by atoms with Crippen molar-refractivity contribution in [1.82, 2.24) is 9.55 Å². The zero-order valence-corrected chi connectivity index (χ0v) is 21.3. The van der Waals surface area contributed by atoms with Gasteiger partial charge < -0.3 is 18.9 Å². The number of hydrogen-bond acceptors (Lipinski definition) is 9. The molecule has 0 amide bonds. The first-order valence-corrected chi connectivity index (χ1v) is 12.3. The molecule has 2 heterocycles. The summed E-state index contributed by atoms with van der Waals surface area (Å²) in [4.78, 5) is 63.8. The normalized spacial score (nSPS) is 18.6. The summed E-state index contributed by atoms with van der Waals surface area (Å²) in [6, 6.07) is 16.3. The number of hydrogen-bond donors (Lipinski definition) is 1. The fraction of sp³-hybridized carbons (Fsp3) is 0.250. The molecule has 4 rings (SSSR count). The first-order valence-electron chi connectivity index (χ1n) is 12.3. The van der Waals surface area contributed by atoms with E-state index in [1.807, 2.05) is 4.98 Å². The molecule has 1 aliphatic heterocycles. The standard InChI is InChI=1S/C28H25FN2O9/c1-2-37-24(32)13-20(29)19-15-31(28(36)30-25(19)33)23-14-21(40-27(35)18-11-7-4-8-12-18)22(39-23)16-38-26(34)17-9-5-3-6-10-17/h3-13,15,21-23H,2,14,16H2,1H3,(H,30,33,36)/b20-13+/t21-,22+,23+/m0/s1. The highest BCUT2D eigenvalue weighted by Crippen LogP contribution is 2.31. The van der Waals surface area contributed by atoms with E-state index in [0.29, 0.717) is 11.6 Å². The summed E-state index contributed by atoms with van der Waals surface area (Å²) in [5, 5.41) is 0. The highest BCUT2D eigenvalue weighted by molar-refractivity contribution is 5.90. The molecule has 0 unspecified atom stereocenters. The predicted octanol–water partition coefficient (Wildman–Crippen LogP) is 2.78. The molecule has 3 atom stereocenters. The van der Waals surface area contributed by atoms with Crippen LogP contribution >= 0.6 is 0 Å². The largest absolute Gasteiger partial charge is 0.463 e. The third-order valence-electron chi connectivity index (χ3n) is 5.90. The lowest BCUT2D eigenvalue weighted by Crippen LogP contribution is -2.34. The molecule has 0 radical (unpaired) electrons. The molecule has 1 N–H and O–H groups in total. The molecular formula is C28H25FN2O9. The Balaban J connectivity index is 1.59. The van der Waals surface area contributed by atoms with E-state index in [-0.39, 0.29) is 25.2 Å². The first kappa shape index (κ1) is 28.2. The third kappa shape index (κ3) is 6.77. The number of aromatic amines is 1. The van der Waals surface area contributed by atoms with E-state index < -0.39 is 59.0 Å². The molecule has 1 saturated heterocycles. The summed E-state index contributed by atoms with van der Waals surface area (Å²) >= 11 is 0. The van der Waals surface area contributed by atoms with E-state index in [9.17, 15) is 28.4 Å². The molecular weight excluding hydrogens is 527 g/mol. The van der Waals surface area contributed by atoms with Crippen LogP contribution in [0, 0.1) is 0 Å². The number of benzene rings is 2. The number of H-pyrrole nitrogens is 1. The van der Waals surface area contributed by atoms with Gasteiger partial charge in [0.2, 0.25) is 0 Å². The highest BCUT2D eigenvalue weighted by atomic mass is 19.1. The van der Waals surface area contributed by atoms with E-state index in [2.05, 4.69) is 4.74 Å². The van der Waals surface area contributed by atoms with Crippen LogP contribution in [0.5, 0.6) is 0 Å². The van der Waals surface area contributed by atoms with Crippen molar-refractivity contribution in [3.63, 3.8) is 0 Å². The number of carbonyl (C=O) groups is 3. The Morgan fingerprint density at radius 2 is 1.62 bits per heavy atom. The summed E-state index contributed by atoms with van der Waals surface area (Å²) < 4.78 is 37.2. The molecule has 2 aromatic carbocycles. The van der Waals surface area contributed by atoms with Crippen LogP contribution in [-0.4, -0.2) is 52.9 Å². The van der Waals surface area contributed by atoms with Gasteiger partial charge >= 0.3 is 23.6 Å². The van der Waals surface area contributed by atoms with Crippen molar-refractivity contribution in [3.8, 4) is 0 Å². The lowest BCUT2D eigenvalue weighted by molar-refractivity contribution is -0.137. The van der Waals surface area contributed by atoms with Crippen LogP contribution in [0.3, 0.4) is 0 Å². The molecule has 1 aliphatic rings. The van der Waals surface area contributed by atoms with E-state index in [1.165, 1.54) is 6.92 Å². The third-order valence-corrected chi connectivity index (χ3v) is 5.90. The second kappa shape index (κ2) is 12.8. The smallest absolute Gasteiger partial charge is 0.338 e. The van der Waals surface area contributed by atoms with Gasteiger partial charge in [0.15, 0.2) is 0 Å². The van der Waals surface area contributed by atoms with Gasteiger partial charge in [0.1, 0.15) is 30.9 Å². The number of esters is 3. The van der Waals surface area contributed by atoms with Crippen LogP contribution in [0.25, 0.3) is 5.83 Å². The van der Waals surface area contributed by atoms with Gasteiger partial charge in [-0.25, -0.2) is 23.6 Å². The molecule has 0 spiro atoms. The monoisotopic (exact) mass is 552 g/mol. The lowest BCUT2D eigenvalue weighted by Gasteiger charge is -2.19. The fourth-order valence-electron chi connectivity index (χ4n) is 3.97. The molecule has 0 aliphatic carbocycles. The van der Waals surface area contributed by atoms with Gasteiger partial charge in [-0.1, -0.05) is 36.4 Å². The fourth-order valence-corrected chi connectivity index (χ4v) is 3.97. The van der Waals surface area contributed by atoms with Crippen molar-refractivity contribution < 1.29 is 37.7 Å². The summed E-state index contributed by atoms with van der Waals surface area (Å²) in [7, 11) is 0. The molecule has 1 aromatic heterocycles. The van der Waals surface area contributed by atoms with Crippen LogP contribution in [0.15, 0.2) is 82.5 Å². The zero-order chi connectivity index (χ0) is 28.6. The average Bonchev–Trinajstić information content (AvgIpc) is 3.34. The Bertz CT molecular complexity index is 1520. The zero-order valence-electron chi connectivity index (χ0n) is 21.3. The van der Waals surface area contributed by atoms with Gasteiger partial charge in [-0.05, 0) is 31.2 Å². The number of nitrogens with one attached hydrogen (secondary N) is 1. The van der Waals surface area contributed by atoms with Crippen LogP contribution in [0.4, 0.5) is 4.39 Å². The average molecular weight is 553 g/mol. The predicted molar refractivity (Wildman–Crippen MR) is 138 cm³/mol.